The molecule has 0 N–H and O–H groups in total. The van der Waals surface area contributed by atoms with Crippen molar-refractivity contribution < 1.29 is 8.91 Å². The molecule has 0 aliphatic rings. The van der Waals surface area contributed by atoms with Crippen LogP contribution in [0.2, 0.25) is 0 Å². The molecular formula is C13H11FNOP. The molecule has 0 saturated carbocycles. The molecule has 2 aromatic carbocycles. The Labute approximate surface area is 101 Å². The van der Waals surface area contributed by atoms with E-state index in [0.29, 0.717) is 0 Å². The summed E-state index contributed by atoms with van der Waals surface area (Å²) in [7, 11) is 2.19. The lowest BCUT2D eigenvalue weighted by molar-refractivity contribution is 0.628. The maximum Gasteiger partial charge on any atom is 0.123 e. The molecule has 4 heteroatoms. The summed E-state index contributed by atoms with van der Waals surface area (Å²) in [6.07, 6.45) is 1.72. The number of benzene rings is 2. The van der Waals surface area contributed by atoms with Gasteiger partial charge in [-0.25, -0.2) is 4.39 Å². The molecule has 86 valence electrons. The van der Waals surface area contributed by atoms with Crippen molar-refractivity contribution in [2.75, 3.05) is 0 Å². The van der Waals surface area contributed by atoms with E-state index < -0.39 is 0 Å². The average Bonchev–Trinajstić information content (AvgIpc) is 2.39. The normalized spacial score (nSPS) is 10.7. The van der Waals surface area contributed by atoms with Crippen LogP contribution in [0.25, 0.3) is 0 Å². The molecule has 0 heterocycles. The van der Waals surface area contributed by atoms with E-state index >= 15 is 0 Å². The van der Waals surface area contributed by atoms with Crippen LogP contribution in [0.5, 0.6) is 5.75 Å². The van der Waals surface area contributed by atoms with Gasteiger partial charge >= 0.3 is 0 Å². The highest BCUT2D eigenvalue weighted by atomic mass is 31.0. The van der Waals surface area contributed by atoms with Crippen molar-refractivity contribution in [2.24, 2.45) is 4.99 Å². The standard InChI is InChI=1S/C13H11FNOP/c14-11-3-5-12(6-4-11)15-9-10-1-7-13(16-17)8-2-10/h1-9H,17H2. The molecule has 2 aromatic rings. The molecule has 0 spiro atoms. The minimum absolute atomic E-state index is 0.258. The molecule has 0 aliphatic carbocycles. The molecule has 0 fully saturated rings. The number of rotatable bonds is 3. The van der Waals surface area contributed by atoms with Gasteiger partial charge in [-0.3, -0.25) is 4.99 Å². The summed E-state index contributed by atoms with van der Waals surface area (Å²) in [5.74, 6) is 0.514. The summed E-state index contributed by atoms with van der Waals surface area (Å²) in [4.78, 5) is 4.24. The van der Waals surface area contributed by atoms with Crippen LogP contribution in [0.3, 0.4) is 0 Å². The fourth-order valence-corrected chi connectivity index (χ4v) is 1.47. The van der Waals surface area contributed by atoms with E-state index in [-0.39, 0.29) is 5.82 Å². The first-order valence-corrected chi connectivity index (χ1v) is 5.51. The van der Waals surface area contributed by atoms with Crippen LogP contribution in [-0.2, 0) is 0 Å². The third kappa shape index (κ3) is 3.36. The highest BCUT2D eigenvalue weighted by molar-refractivity contribution is 7.10. The van der Waals surface area contributed by atoms with Crippen molar-refractivity contribution in [2.45, 2.75) is 0 Å². The summed E-state index contributed by atoms with van der Waals surface area (Å²) in [6, 6.07) is 13.5. The van der Waals surface area contributed by atoms with Crippen molar-refractivity contribution >= 4 is 21.4 Å². The van der Waals surface area contributed by atoms with Crippen LogP contribution in [0, 0.1) is 5.82 Å². The first kappa shape index (κ1) is 11.7. The molecule has 0 radical (unpaired) electrons. The lowest BCUT2D eigenvalue weighted by Crippen LogP contribution is -1.80. The number of halogens is 1. The summed E-state index contributed by atoms with van der Waals surface area (Å²) >= 11 is 0. The third-order valence-corrected chi connectivity index (χ3v) is 2.48. The second-order valence-electron chi connectivity index (χ2n) is 3.42. The van der Waals surface area contributed by atoms with E-state index in [1.165, 1.54) is 12.1 Å². The van der Waals surface area contributed by atoms with Crippen LogP contribution >= 0.6 is 9.47 Å². The molecule has 0 bridgehead atoms. The lowest BCUT2D eigenvalue weighted by atomic mass is 10.2. The molecule has 1 atom stereocenters. The van der Waals surface area contributed by atoms with Crippen molar-refractivity contribution in [1.29, 1.82) is 0 Å². The SMILES string of the molecule is Fc1ccc(N=Cc2ccc(OP)cc2)cc1. The van der Waals surface area contributed by atoms with E-state index in [0.717, 1.165) is 17.0 Å². The molecule has 1 unspecified atom stereocenters. The van der Waals surface area contributed by atoms with Gasteiger partial charge in [-0.1, -0.05) is 0 Å². The predicted octanol–water partition coefficient (Wildman–Crippen LogP) is 3.75. The quantitative estimate of drug-likeness (QED) is 0.598. The first-order chi connectivity index (χ1) is 8.28. The predicted molar refractivity (Wildman–Crippen MR) is 70.4 cm³/mol. The first-order valence-electron chi connectivity index (χ1n) is 5.04. The Morgan fingerprint density at radius 1 is 1.00 bits per heavy atom. The van der Waals surface area contributed by atoms with E-state index in [4.69, 9.17) is 4.52 Å². The number of nitrogens with zero attached hydrogens (tertiary/aromatic N) is 1. The van der Waals surface area contributed by atoms with Crippen LogP contribution in [0.4, 0.5) is 10.1 Å². The Hall–Kier alpha value is -1.73. The fourth-order valence-electron chi connectivity index (χ4n) is 1.31. The third-order valence-electron chi connectivity index (χ3n) is 2.21. The van der Waals surface area contributed by atoms with Gasteiger partial charge in [0.25, 0.3) is 0 Å². The van der Waals surface area contributed by atoms with Gasteiger partial charge in [-0.05, 0) is 54.1 Å². The van der Waals surface area contributed by atoms with Crippen LogP contribution in [0.15, 0.2) is 53.5 Å². The van der Waals surface area contributed by atoms with E-state index in [2.05, 4.69) is 14.5 Å². The second kappa shape index (κ2) is 5.55. The minimum atomic E-state index is -0.258. The summed E-state index contributed by atoms with van der Waals surface area (Å²) in [5, 5.41) is 0. The largest absolute Gasteiger partial charge is 0.480 e. The molecule has 0 amide bonds. The van der Waals surface area contributed by atoms with Gasteiger partial charge in [0, 0.05) is 6.21 Å². The summed E-state index contributed by atoms with van der Waals surface area (Å²) in [5.41, 5.74) is 1.68. The molecule has 2 rings (SSSR count). The van der Waals surface area contributed by atoms with Crippen LogP contribution < -0.4 is 4.52 Å². The van der Waals surface area contributed by atoms with Gasteiger partial charge in [0.2, 0.25) is 0 Å². The van der Waals surface area contributed by atoms with Gasteiger partial charge in [0.15, 0.2) is 0 Å². The highest BCUT2D eigenvalue weighted by Crippen LogP contribution is 2.15. The van der Waals surface area contributed by atoms with Gasteiger partial charge in [-0.2, -0.15) is 0 Å². The van der Waals surface area contributed by atoms with Gasteiger partial charge in [0.1, 0.15) is 11.6 Å². The molecule has 17 heavy (non-hydrogen) atoms. The Kier molecular flexibility index (Phi) is 3.84. The zero-order valence-corrected chi connectivity index (χ0v) is 10.2. The summed E-state index contributed by atoms with van der Waals surface area (Å²) in [6.45, 7) is 0. The van der Waals surface area contributed by atoms with Gasteiger partial charge in [0.05, 0.1) is 15.2 Å². The molecule has 2 nitrogen and oxygen atoms in total. The van der Waals surface area contributed by atoms with Gasteiger partial charge < -0.3 is 4.52 Å². The highest BCUT2D eigenvalue weighted by Gasteiger charge is 1.92. The molecule has 0 aromatic heterocycles. The zero-order chi connectivity index (χ0) is 12.1. The fraction of sp³-hybridized carbons (Fsp3) is 0. The van der Waals surface area contributed by atoms with Crippen molar-refractivity contribution in [3.8, 4) is 5.75 Å². The van der Waals surface area contributed by atoms with Crippen molar-refractivity contribution in [1.82, 2.24) is 0 Å². The Balaban J connectivity index is 2.11. The average molecular weight is 247 g/mol. The van der Waals surface area contributed by atoms with Crippen LogP contribution in [0.1, 0.15) is 5.56 Å². The molecule has 0 saturated heterocycles. The molecule has 0 aliphatic heterocycles. The maximum absolute atomic E-state index is 12.7. The van der Waals surface area contributed by atoms with E-state index in [1.807, 2.05) is 24.3 Å². The summed E-state index contributed by atoms with van der Waals surface area (Å²) < 4.78 is 17.6. The second-order valence-corrected chi connectivity index (χ2v) is 3.66. The monoisotopic (exact) mass is 247 g/mol. The Bertz CT molecular complexity index is 508. The number of hydrogen-bond acceptors (Lipinski definition) is 2. The van der Waals surface area contributed by atoms with Crippen LogP contribution in [-0.4, -0.2) is 6.21 Å². The minimum Gasteiger partial charge on any atom is -0.480 e. The lowest BCUT2D eigenvalue weighted by Gasteiger charge is -1.98. The maximum atomic E-state index is 12.7. The number of aliphatic imine (C=N–C) groups is 1. The molecular weight excluding hydrogens is 236 g/mol. The zero-order valence-electron chi connectivity index (χ0n) is 9.01. The Morgan fingerprint density at radius 3 is 2.24 bits per heavy atom. The van der Waals surface area contributed by atoms with E-state index in [1.54, 1.807) is 18.3 Å². The smallest absolute Gasteiger partial charge is 0.123 e. The van der Waals surface area contributed by atoms with Crippen molar-refractivity contribution in [3.05, 3.63) is 59.9 Å². The topological polar surface area (TPSA) is 21.6 Å². The van der Waals surface area contributed by atoms with E-state index in [9.17, 15) is 4.39 Å². The van der Waals surface area contributed by atoms with Crippen molar-refractivity contribution in [3.63, 3.8) is 0 Å². The number of hydrogen-bond donors (Lipinski definition) is 0. The van der Waals surface area contributed by atoms with Gasteiger partial charge in [-0.15, -0.1) is 0 Å². The Morgan fingerprint density at radius 2 is 1.65 bits per heavy atom.